The number of methoxy groups -OCH3 is 1. The molecule has 3 N–H and O–H groups in total. The zero-order valence-corrected chi connectivity index (χ0v) is 20.6. The van der Waals surface area contributed by atoms with Gasteiger partial charge in [-0.1, -0.05) is 24.2 Å². The summed E-state index contributed by atoms with van der Waals surface area (Å²) in [6.45, 7) is 1.85. The van der Waals surface area contributed by atoms with Crippen LogP contribution in [0.15, 0.2) is 23.1 Å². The highest BCUT2D eigenvalue weighted by Gasteiger charge is 2.28. The Morgan fingerprint density at radius 2 is 1.85 bits per heavy atom. The van der Waals surface area contributed by atoms with Crippen molar-refractivity contribution in [2.75, 3.05) is 12.4 Å². The number of anilines is 1. The average Bonchev–Trinajstić information content (AvgIpc) is 3.45. The first-order valence-electron chi connectivity index (χ1n) is 11.4. The van der Waals surface area contributed by atoms with Crippen molar-refractivity contribution in [2.45, 2.75) is 75.3 Å². The Morgan fingerprint density at radius 1 is 1.15 bits per heavy atom. The van der Waals surface area contributed by atoms with Crippen molar-refractivity contribution in [2.24, 2.45) is 5.92 Å². The van der Waals surface area contributed by atoms with Crippen molar-refractivity contribution in [1.82, 2.24) is 9.71 Å². The highest BCUT2D eigenvalue weighted by Crippen LogP contribution is 2.37. The van der Waals surface area contributed by atoms with Gasteiger partial charge >= 0.3 is 0 Å². The van der Waals surface area contributed by atoms with E-state index in [4.69, 9.17) is 4.74 Å². The summed E-state index contributed by atoms with van der Waals surface area (Å²) in [5, 5.41) is 13.2. The zero-order valence-electron chi connectivity index (χ0n) is 19.0. The first-order chi connectivity index (χ1) is 15.8. The molecule has 2 aliphatic rings. The molecule has 2 fully saturated rings. The Labute approximate surface area is 198 Å². The zero-order chi connectivity index (χ0) is 23.6. The quantitative estimate of drug-likeness (QED) is 0.539. The number of ether oxygens (including phenoxy) is 1. The van der Waals surface area contributed by atoms with Crippen molar-refractivity contribution >= 4 is 32.4 Å². The minimum Gasteiger partial charge on any atom is -0.495 e. The summed E-state index contributed by atoms with van der Waals surface area (Å²) in [6.07, 6.45) is 5.99. The van der Waals surface area contributed by atoms with Crippen molar-refractivity contribution < 1.29 is 23.1 Å². The number of rotatable bonds is 7. The van der Waals surface area contributed by atoms with Crippen molar-refractivity contribution in [3.05, 3.63) is 23.9 Å². The van der Waals surface area contributed by atoms with Gasteiger partial charge in [-0.25, -0.2) is 18.1 Å². The van der Waals surface area contributed by atoms with Crippen LogP contribution >= 0.6 is 11.3 Å². The van der Waals surface area contributed by atoms with Crippen LogP contribution in [0.1, 0.15) is 57.1 Å². The second-order valence-electron chi connectivity index (χ2n) is 8.90. The number of hydrogen-bond acceptors (Lipinski definition) is 7. The molecule has 0 unspecified atom stereocenters. The number of carbonyl (C=O) groups is 1. The van der Waals surface area contributed by atoms with Crippen LogP contribution in [0.5, 0.6) is 5.75 Å². The van der Waals surface area contributed by atoms with Crippen molar-refractivity contribution in [1.29, 1.82) is 0 Å². The monoisotopic (exact) mass is 493 g/mol. The normalized spacial score (nSPS) is 21.8. The van der Waals surface area contributed by atoms with Gasteiger partial charge < -0.3 is 15.2 Å². The van der Waals surface area contributed by atoms with E-state index in [1.54, 1.807) is 18.2 Å². The lowest BCUT2D eigenvalue weighted by Gasteiger charge is -2.26. The van der Waals surface area contributed by atoms with Crippen LogP contribution in [0.2, 0.25) is 0 Å². The van der Waals surface area contributed by atoms with Gasteiger partial charge in [0.2, 0.25) is 15.9 Å². The van der Waals surface area contributed by atoms with Crippen LogP contribution in [0, 0.1) is 12.8 Å². The lowest BCUT2D eigenvalue weighted by atomic mass is 9.94. The van der Waals surface area contributed by atoms with E-state index in [-0.39, 0.29) is 34.6 Å². The van der Waals surface area contributed by atoms with Gasteiger partial charge in [0, 0.05) is 12.0 Å². The SMILES string of the molecule is COc1ccc(-c2sc(NC(=O)C3CCCC3)nc2C)cc1S(=O)(=O)NC1CCC(O)CC1. The van der Waals surface area contributed by atoms with E-state index in [0.717, 1.165) is 36.3 Å². The fourth-order valence-electron chi connectivity index (χ4n) is 4.62. The summed E-state index contributed by atoms with van der Waals surface area (Å²) in [5.41, 5.74) is 1.43. The minimum absolute atomic E-state index is 0.00704. The van der Waals surface area contributed by atoms with E-state index in [9.17, 15) is 18.3 Å². The number of nitrogens with one attached hydrogen (secondary N) is 2. The Bertz CT molecular complexity index is 1100. The standard InChI is InChI=1S/C23H31N3O5S2/c1-14-21(32-23(24-14)25-22(28)15-5-3-4-6-15)16-7-12-19(31-2)20(13-16)33(29,30)26-17-8-10-18(27)11-9-17/h7,12-13,15,17-18,26-27H,3-6,8-11H2,1-2H3,(H,24,25,28). The number of aliphatic hydroxyl groups is 1. The molecule has 33 heavy (non-hydrogen) atoms. The molecule has 10 heteroatoms. The molecule has 0 radical (unpaired) electrons. The number of amides is 1. The Hall–Kier alpha value is -2.01. The van der Waals surface area contributed by atoms with E-state index in [2.05, 4.69) is 15.0 Å². The first kappa shape index (κ1) is 24.1. The maximum atomic E-state index is 13.2. The average molecular weight is 494 g/mol. The molecule has 1 aromatic carbocycles. The lowest BCUT2D eigenvalue weighted by molar-refractivity contribution is -0.119. The predicted octanol–water partition coefficient (Wildman–Crippen LogP) is 3.84. The fraction of sp³-hybridized carbons (Fsp3) is 0.565. The van der Waals surface area contributed by atoms with Gasteiger partial charge in [0.15, 0.2) is 5.13 Å². The molecule has 0 spiro atoms. The van der Waals surface area contributed by atoms with Gasteiger partial charge in [-0.05, 0) is 69.2 Å². The number of aryl methyl sites for hydroxylation is 1. The van der Waals surface area contributed by atoms with E-state index in [0.29, 0.717) is 36.4 Å². The topological polar surface area (TPSA) is 118 Å². The number of thiazole rings is 1. The summed E-state index contributed by atoms with van der Waals surface area (Å²) in [7, 11) is -2.38. The van der Waals surface area contributed by atoms with Gasteiger partial charge in [-0.2, -0.15) is 0 Å². The molecule has 0 atom stereocenters. The Morgan fingerprint density at radius 3 is 2.52 bits per heavy atom. The van der Waals surface area contributed by atoms with Crippen LogP contribution in [0.3, 0.4) is 0 Å². The summed E-state index contributed by atoms with van der Waals surface area (Å²) >= 11 is 1.34. The molecular formula is C23H31N3O5S2. The van der Waals surface area contributed by atoms with Gasteiger partial charge in [-0.3, -0.25) is 4.79 Å². The molecule has 0 aliphatic heterocycles. The van der Waals surface area contributed by atoms with Crippen molar-refractivity contribution in [3.8, 4) is 16.2 Å². The molecular weight excluding hydrogens is 462 g/mol. The molecule has 2 aliphatic carbocycles. The highest BCUT2D eigenvalue weighted by molar-refractivity contribution is 7.89. The second kappa shape index (κ2) is 10.1. The van der Waals surface area contributed by atoms with Gasteiger partial charge in [0.1, 0.15) is 10.6 Å². The smallest absolute Gasteiger partial charge is 0.244 e. The van der Waals surface area contributed by atoms with Gasteiger partial charge in [0.25, 0.3) is 0 Å². The Kier molecular flexibility index (Phi) is 7.37. The maximum absolute atomic E-state index is 13.2. The molecule has 1 heterocycles. The molecule has 1 amide bonds. The van der Waals surface area contributed by atoms with Gasteiger partial charge in [-0.15, -0.1) is 0 Å². The summed E-state index contributed by atoms with van der Waals surface area (Å²) in [5.74, 6) is 0.314. The Balaban J connectivity index is 1.57. The molecule has 1 aromatic heterocycles. The van der Waals surface area contributed by atoms with Crippen LogP contribution in [0.25, 0.3) is 10.4 Å². The molecule has 2 saturated carbocycles. The highest BCUT2D eigenvalue weighted by atomic mass is 32.2. The number of aliphatic hydroxyl groups excluding tert-OH is 1. The fourth-order valence-corrected chi connectivity index (χ4v) is 7.08. The summed E-state index contributed by atoms with van der Waals surface area (Å²) in [4.78, 5) is 17.9. The van der Waals surface area contributed by atoms with E-state index < -0.39 is 10.0 Å². The number of sulfonamides is 1. The van der Waals surface area contributed by atoms with Gasteiger partial charge in [0.05, 0.1) is 23.8 Å². The van der Waals surface area contributed by atoms with E-state index in [1.165, 1.54) is 18.4 Å². The number of benzene rings is 1. The molecule has 0 bridgehead atoms. The molecule has 8 nitrogen and oxygen atoms in total. The van der Waals surface area contributed by atoms with Crippen LogP contribution in [-0.4, -0.2) is 43.7 Å². The molecule has 0 saturated heterocycles. The number of aromatic nitrogens is 1. The van der Waals surface area contributed by atoms with Crippen LogP contribution in [-0.2, 0) is 14.8 Å². The third-order valence-corrected chi connectivity index (χ3v) is 9.15. The largest absolute Gasteiger partial charge is 0.495 e. The van der Waals surface area contributed by atoms with Crippen LogP contribution < -0.4 is 14.8 Å². The maximum Gasteiger partial charge on any atom is 0.244 e. The minimum atomic E-state index is -3.83. The summed E-state index contributed by atoms with van der Waals surface area (Å²) in [6, 6.07) is 4.83. The van der Waals surface area contributed by atoms with Crippen molar-refractivity contribution in [3.63, 3.8) is 0 Å². The number of carbonyl (C=O) groups excluding carboxylic acids is 1. The van der Waals surface area contributed by atoms with Crippen LogP contribution in [0.4, 0.5) is 5.13 Å². The third-order valence-electron chi connectivity index (χ3n) is 6.49. The first-order valence-corrected chi connectivity index (χ1v) is 13.7. The molecule has 180 valence electrons. The molecule has 2 aromatic rings. The van der Waals surface area contributed by atoms with E-state index in [1.807, 2.05) is 6.92 Å². The molecule has 4 rings (SSSR count). The predicted molar refractivity (Wildman–Crippen MR) is 128 cm³/mol. The summed E-state index contributed by atoms with van der Waals surface area (Å²) < 4.78 is 34.5. The van der Waals surface area contributed by atoms with E-state index >= 15 is 0 Å². The number of nitrogens with zero attached hydrogens (tertiary/aromatic N) is 1. The third kappa shape index (κ3) is 5.56. The number of hydrogen-bond donors (Lipinski definition) is 3. The second-order valence-corrected chi connectivity index (χ2v) is 11.6. The lowest BCUT2D eigenvalue weighted by Crippen LogP contribution is -2.38.